The lowest BCUT2D eigenvalue weighted by Crippen LogP contribution is -2.46. The van der Waals surface area contributed by atoms with Gasteiger partial charge in [0.05, 0.1) is 12.6 Å². The first-order valence-electron chi connectivity index (χ1n) is 5.11. The molecule has 1 unspecified atom stereocenters. The quantitative estimate of drug-likeness (QED) is 0.554. The Kier molecular flexibility index (Phi) is 4.24. The molecule has 0 saturated carbocycles. The van der Waals surface area contributed by atoms with Crippen molar-refractivity contribution in [2.24, 2.45) is 5.73 Å². The van der Waals surface area contributed by atoms with Gasteiger partial charge in [0, 0.05) is 12.3 Å². The molecule has 2 heterocycles. The van der Waals surface area contributed by atoms with E-state index >= 15 is 0 Å². The molecule has 2 aliphatic rings. The fourth-order valence-corrected chi connectivity index (χ4v) is 2.79. The van der Waals surface area contributed by atoms with Crippen molar-refractivity contribution in [1.29, 1.82) is 0 Å². The van der Waals surface area contributed by atoms with Crippen LogP contribution in [0.3, 0.4) is 0 Å². The van der Waals surface area contributed by atoms with Gasteiger partial charge in [0.15, 0.2) is 6.73 Å². The van der Waals surface area contributed by atoms with Crippen molar-refractivity contribution in [1.82, 2.24) is 9.42 Å². The van der Waals surface area contributed by atoms with Crippen LogP contribution in [0.15, 0.2) is 0 Å². The second-order valence-corrected chi connectivity index (χ2v) is 4.55. The number of nitrogens with zero attached hydrogens (tertiary/aromatic N) is 2. The maximum atomic E-state index is 10.5. The Balaban J connectivity index is 1.84. The number of primary amides is 1. The van der Waals surface area contributed by atoms with E-state index in [9.17, 15) is 4.79 Å². The fourth-order valence-electron chi connectivity index (χ4n) is 1.64. The molecule has 0 aromatic rings. The zero-order valence-electron chi connectivity index (χ0n) is 8.83. The van der Waals surface area contributed by atoms with Crippen LogP contribution >= 0.6 is 11.9 Å². The number of hydrogen-bond donors (Lipinski definition) is 1. The van der Waals surface area contributed by atoms with Gasteiger partial charge in [-0.2, -0.15) is 9.42 Å². The van der Waals surface area contributed by atoms with Gasteiger partial charge in [-0.25, -0.2) is 14.6 Å². The highest BCUT2D eigenvalue weighted by molar-refractivity contribution is 7.97. The Morgan fingerprint density at radius 1 is 1.56 bits per heavy atom. The molecule has 1 atom stereocenters. The van der Waals surface area contributed by atoms with Crippen LogP contribution in [0.2, 0.25) is 0 Å². The summed E-state index contributed by atoms with van der Waals surface area (Å²) in [4.78, 5) is 20.3. The van der Waals surface area contributed by atoms with Crippen LogP contribution in [0.1, 0.15) is 6.42 Å². The summed E-state index contributed by atoms with van der Waals surface area (Å²) < 4.78 is 6.87. The summed E-state index contributed by atoms with van der Waals surface area (Å²) in [6.07, 6.45) is 0.153. The van der Waals surface area contributed by atoms with Crippen LogP contribution in [0.5, 0.6) is 0 Å². The fraction of sp³-hybridized carbons (Fsp3) is 0.875. The van der Waals surface area contributed by atoms with Crippen LogP contribution in [-0.4, -0.2) is 53.8 Å². The van der Waals surface area contributed by atoms with E-state index in [-0.39, 0.29) is 12.8 Å². The summed E-state index contributed by atoms with van der Waals surface area (Å²) >= 11 is 1.70. The van der Waals surface area contributed by atoms with Gasteiger partial charge in [0.2, 0.25) is 0 Å². The predicted octanol–water partition coefficient (Wildman–Crippen LogP) is -0.0595. The molecule has 8 heteroatoms. The van der Waals surface area contributed by atoms with Crippen molar-refractivity contribution in [3.05, 3.63) is 0 Å². The topological polar surface area (TPSA) is 77.3 Å². The lowest BCUT2D eigenvalue weighted by atomic mass is 10.2. The molecule has 0 radical (unpaired) electrons. The van der Waals surface area contributed by atoms with E-state index in [0.29, 0.717) is 13.2 Å². The van der Waals surface area contributed by atoms with Crippen LogP contribution in [-0.2, 0) is 14.5 Å². The molecule has 0 aliphatic carbocycles. The van der Waals surface area contributed by atoms with Gasteiger partial charge in [-0.15, -0.1) is 0 Å². The zero-order chi connectivity index (χ0) is 11.4. The highest BCUT2D eigenvalue weighted by Gasteiger charge is 2.32. The lowest BCUT2D eigenvalue weighted by molar-refractivity contribution is -0.326. The molecular weight excluding hydrogens is 234 g/mol. The highest BCUT2D eigenvalue weighted by Crippen LogP contribution is 2.27. The van der Waals surface area contributed by atoms with E-state index in [4.69, 9.17) is 20.2 Å². The molecule has 2 rings (SSSR count). The van der Waals surface area contributed by atoms with E-state index in [1.165, 1.54) is 0 Å². The number of nitrogens with two attached hydrogens (primary N) is 1. The van der Waals surface area contributed by atoms with Crippen LogP contribution in [0.4, 0.5) is 4.79 Å². The molecule has 0 aromatic carbocycles. The molecule has 0 spiro atoms. The van der Waals surface area contributed by atoms with Crippen molar-refractivity contribution < 1.29 is 19.3 Å². The van der Waals surface area contributed by atoms with Gasteiger partial charge in [0.1, 0.15) is 6.61 Å². The normalized spacial score (nSPS) is 28.1. The third-order valence-corrected chi connectivity index (χ3v) is 3.56. The first kappa shape index (κ1) is 11.9. The third-order valence-electron chi connectivity index (χ3n) is 2.40. The monoisotopic (exact) mass is 249 g/mol. The molecule has 1 amide bonds. The number of carbonyl (C=O) groups is 1. The average molecular weight is 249 g/mol. The maximum absolute atomic E-state index is 10.5. The van der Waals surface area contributed by atoms with Gasteiger partial charge < -0.3 is 10.5 Å². The standard InChI is InChI=1S/C8H15N3O4S/c9-8(12)13-6-10-2-4-16-11(10)7-1-3-14-15-5-7/h7H,1-6H2,(H2,9,12). The lowest BCUT2D eigenvalue weighted by Gasteiger charge is -2.34. The number of ether oxygens (including phenoxy) is 1. The molecule has 2 saturated heterocycles. The average Bonchev–Trinajstić information content (AvgIpc) is 2.75. The van der Waals surface area contributed by atoms with Crippen molar-refractivity contribution in [3.63, 3.8) is 0 Å². The third kappa shape index (κ3) is 2.98. The first-order valence-corrected chi connectivity index (χ1v) is 6.05. The summed E-state index contributed by atoms with van der Waals surface area (Å²) in [6, 6.07) is 0.262. The van der Waals surface area contributed by atoms with E-state index < -0.39 is 6.09 Å². The number of hydrogen-bond acceptors (Lipinski definition) is 7. The van der Waals surface area contributed by atoms with Crippen molar-refractivity contribution in [3.8, 4) is 0 Å². The summed E-state index contributed by atoms with van der Waals surface area (Å²) in [5.41, 5.74) is 4.94. The minimum absolute atomic E-state index is 0.194. The Bertz CT molecular complexity index is 249. The molecule has 92 valence electrons. The SMILES string of the molecule is NC(=O)OCN1CCSN1C1CCOOC1. The first-order chi connectivity index (χ1) is 7.77. The second-order valence-electron chi connectivity index (χ2n) is 3.51. The zero-order valence-corrected chi connectivity index (χ0v) is 9.65. The summed E-state index contributed by atoms with van der Waals surface area (Å²) in [6.45, 7) is 2.15. The van der Waals surface area contributed by atoms with Crippen molar-refractivity contribution in [2.45, 2.75) is 12.5 Å². The Morgan fingerprint density at radius 3 is 3.12 bits per heavy atom. The summed E-state index contributed by atoms with van der Waals surface area (Å²) in [5.74, 6) is 0.972. The van der Waals surface area contributed by atoms with Gasteiger partial charge >= 0.3 is 6.09 Å². The molecule has 16 heavy (non-hydrogen) atoms. The summed E-state index contributed by atoms with van der Waals surface area (Å²) in [7, 11) is 0. The number of rotatable bonds is 3. The molecule has 2 N–H and O–H groups in total. The van der Waals surface area contributed by atoms with Gasteiger partial charge in [-0.1, -0.05) is 11.9 Å². The van der Waals surface area contributed by atoms with Gasteiger partial charge in [-0.05, 0) is 6.42 Å². The van der Waals surface area contributed by atoms with Crippen LogP contribution in [0, 0.1) is 0 Å². The summed E-state index contributed by atoms with van der Waals surface area (Å²) in [5, 5.41) is 1.95. The van der Waals surface area contributed by atoms with Crippen LogP contribution in [0.25, 0.3) is 0 Å². The Morgan fingerprint density at radius 2 is 2.44 bits per heavy atom. The number of amides is 1. The second kappa shape index (κ2) is 5.69. The number of hydrazine groups is 1. The highest BCUT2D eigenvalue weighted by atomic mass is 32.2. The van der Waals surface area contributed by atoms with E-state index in [2.05, 4.69) is 4.41 Å². The number of carbonyl (C=O) groups excluding carboxylic acids is 1. The minimum atomic E-state index is -0.750. The van der Waals surface area contributed by atoms with Crippen molar-refractivity contribution in [2.75, 3.05) is 32.2 Å². The maximum Gasteiger partial charge on any atom is 0.405 e. The Labute approximate surface area is 97.8 Å². The van der Waals surface area contributed by atoms with Crippen LogP contribution < -0.4 is 5.73 Å². The predicted molar refractivity (Wildman–Crippen MR) is 56.8 cm³/mol. The van der Waals surface area contributed by atoms with E-state index in [1.54, 1.807) is 11.9 Å². The molecular formula is C8H15N3O4S. The van der Waals surface area contributed by atoms with Crippen molar-refractivity contribution >= 4 is 18.0 Å². The molecule has 7 nitrogen and oxygen atoms in total. The molecule has 2 aliphatic heterocycles. The van der Waals surface area contributed by atoms with Gasteiger partial charge in [0.25, 0.3) is 0 Å². The Hall–Kier alpha value is -0.540. The smallest absolute Gasteiger partial charge is 0.405 e. The molecule has 0 bridgehead atoms. The molecule has 0 aromatic heterocycles. The van der Waals surface area contributed by atoms with Gasteiger partial charge in [-0.3, -0.25) is 0 Å². The minimum Gasteiger partial charge on any atom is -0.432 e. The van der Waals surface area contributed by atoms with E-state index in [0.717, 1.165) is 18.7 Å². The largest absolute Gasteiger partial charge is 0.432 e. The van der Waals surface area contributed by atoms with E-state index in [1.807, 2.05) is 5.01 Å². The molecule has 2 fully saturated rings.